The molecule has 4 nitrogen and oxygen atoms in total. The van der Waals surface area contributed by atoms with Crippen LogP contribution in [0.5, 0.6) is 0 Å². The van der Waals surface area contributed by atoms with Crippen LogP contribution in [0.3, 0.4) is 0 Å². The Kier molecular flexibility index (Phi) is 5.27. The van der Waals surface area contributed by atoms with Gasteiger partial charge in [0.05, 0.1) is 0 Å². The van der Waals surface area contributed by atoms with E-state index in [1.165, 1.54) is 47.0 Å². The van der Waals surface area contributed by atoms with Gasteiger partial charge in [0.15, 0.2) is 0 Å². The first-order valence-electron chi connectivity index (χ1n) is 10.6. The van der Waals surface area contributed by atoms with Gasteiger partial charge < -0.3 is 14.4 Å². The number of rotatable bonds is 3. The highest BCUT2D eigenvalue weighted by Gasteiger charge is 2.25. The van der Waals surface area contributed by atoms with E-state index in [4.69, 9.17) is 0 Å². The molecular weight excluding hydrogens is 334 g/mol. The zero-order valence-electron chi connectivity index (χ0n) is 17.1. The Bertz CT molecular complexity index is 832. The van der Waals surface area contributed by atoms with Crippen molar-refractivity contribution in [3.63, 3.8) is 0 Å². The molecule has 1 amide bonds. The van der Waals surface area contributed by atoms with Gasteiger partial charge in [0.1, 0.15) is 6.54 Å². The second-order valence-corrected chi connectivity index (χ2v) is 8.63. The molecule has 2 heterocycles. The van der Waals surface area contributed by atoms with Crippen molar-refractivity contribution in [2.75, 3.05) is 27.2 Å². The van der Waals surface area contributed by atoms with Crippen molar-refractivity contribution in [3.05, 3.63) is 35.0 Å². The summed E-state index contributed by atoms with van der Waals surface area (Å²) < 4.78 is 2.32. The first-order chi connectivity index (χ1) is 13.0. The number of fused-ring (bicyclic) bond motifs is 3. The molecule has 4 rings (SSSR count). The third-order valence-corrected chi connectivity index (χ3v) is 6.73. The largest absolute Gasteiger partial charge is 0.341 e. The number of hydrogen-bond donors (Lipinski definition) is 0. The van der Waals surface area contributed by atoms with Crippen molar-refractivity contribution in [2.45, 2.75) is 64.5 Å². The molecule has 1 aromatic heterocycles. The van der Waals surface area contributed by atoms with Crippen LogP contribution in [0.4, 0.5) is 0 Å². The van der Waals surface area contributed by atoms with Crippen LogP contribution >= 0.6 is 0 Å². The van der Waals surface area contributed by atoms with Gasteiger partial charge in [-0.1, -0.05) is 30.9 Å². The number of carbonyl (C=O) groups is 1. The Labute approximate surface area is 163 Å². The molecule has 1 aliphatic heterocycles. The number of aromatic nitrogens is 1. The van der Waals surface area contributed by atoms with E-state index in [1.54, 1.807) is 0 Å². The lowest BCUT2D eigenvalue weighted by molar-refractivity contribution is -0.133. The van der Waals surface area contributed by atoms with E-state index in [1.807, 2.05) is 11.9 Å². The minimum Gasteiger partial charge on any atom is -0.341 e. The van der Waals surface area contributed by atoms with Gasteiger partial charge in [-0.3, -0.25) is 4.79 Å². The summed E-state index contributed by atoms with van der Waals surface area (Å²) in [4.78, 5) is 17.6. The fourth-order valence-electron chi connectivity index (χ4n) is 4.97. The molecule has 146 valence electrons. The fraction of sp³-hybridized carbons (Fsp3) is 0.609. The van der Waals surface area contributed by atoms with E-state index >= 15 is 0 Å². The molecule has 0 atom stereocenters. The normalized spacial score (nSPS) is 19.1. The number of benzene rings is 1. The van der Waals surface area contributed by atoms with Crippen LogP contribution in [0.1, 0.15) is 48.9 Å². The number of amides is 1. The highest BCUT2D eigenvalue weighted by molar-refractivity contribution is 5.88. The Hall–Kier alpha value is -1.81. The molecule has 1 fully saturated rings. The Morgan fingerprint density at radius 3 is 2.67 bits per heavy atom. The average Bonchev–Trinajstić information content (AvgIpc) is 2.82. The van der Waals surface area contributed by atoms with E-state index in [2.05, 4.69) is 41.6 Å². The van der Waals surface area contributed by atoms with Gasteiger partial charge in [0.25, 0.3) is 0 Å². The summed E-state index contributed by atoms with van der Waals surface area (Å²) in [5, 5.41) is 1.36. The predicted molar refractivity (Wildman–Crippen MR) is 111 cm³/mol. The smallest absolute Gasteiger partial charge is 0.242 e. The molecule has 0 saturated heterocycles. The third kappa shape index (κ3) is 3.64. The Morgan fingerprint density at radius 1 is 1.15 bits per heavy atom. The molecule has 1 aromatic carbocycles. The molecule has 2 aliphatic rings. The van der Waals surface area contributed by atoms with Gasteiger partial charge in [-0.15, -0.1) is 0 Å². The van der Waals surface area contributed by atoms with Gasteiger partial charge in [0.2, 0.25) is 5.91 Å². The zero-order valence-corrected chi connectivity index (χ0v) is 17.1. The van der Waals surface area contributed by atoms with Crippen LogP contribution in [0.25, 0.3) is 10.9 Å². The van der Waals surface area contributed by atoms with Crippen molar-refractivity contribution < 1.29 is 4.79 Å². The van der Waals surface area contributed by atoms with E-state index in [0.717, 1.165) is 38.8 Å². The monoisotopic (exact) mass is 367 g/mol. The van der Waals surface area contributed by atoms with Gasteiger partial charge in [-0.25, -0.2) is 0 Å². The average molecular weight is 368 g/mol. The second kappa shape index (κ2) is 7.67. The molecule has 0 bridgehead atoms. The van der Waals surface area contributed by atoms with E-state index in [-0.39, 0.29) is 5.91 Å². The predicted octanol–water partition coefficient (Wildman–Crippen LogP) is 3.77. The number of hydrogen-bond acceptors (Lipinski definition) is 2. The maximum Gasteiger partial charge on any atom is 0.242 e. The molecule has 0 spiro atoms. The fourth-order valence-corrected chi connectivity index (χ4v) is 4.97. The summed E-state index contributed by atoms with van der Waals surface area (Å²) in [7, 11) is 4.21. The summed E-state index contributed by atoms with van der Waals surface area (Å²) in [6, 6.07) is 7.14. The van der Waals surface area contributed by atoms with Crippen LogP contribution in [0.2, 0.25) is 0 Å². The van der Waals surface area contributed by atoms with Gasteiger partial charge in [-0.2, -0.15) is 0 Å². The number of aryl methyl sites for hydroxylation is 1. The molecule has 0 N–H and O–H groups in total. The molecule has 4 heteroatoms. The minimum atomic E-state index is 0.264. The van der Waals surface area contributed by atoms with E-state index in [9.17, 15) is 4.79 Å². The van der Waals surface area contributed by atoms with Crippen molar-refractivity contribution in [1.82, 2.24) is 14.4 Å². The third-order valence-electron chi connectivity index (χ3n) is 6.73. The number of likely N-dealkylation sites (N-methyl/N-ethyl adjacent to an activating group) is 2. The molecule has 2 aromatic rings. The highest BCUT2D eigenvalue weighted by atomic mass is 16.2. The SMILES string of the molecule is Cc1ccc2c(c1)c1c(n2CC(=O)N(C)C2CCCCC2)CCN(C)CC1. The van der Waals surface area contributed by atoms with Crippen LogP contribution in [-0.2, 0) is 24.2 Å². The van der Waals surface area contributed by atoms with Gasteiger partial charge in [-0.05, 0) is 50.9 Å². The van der Waals surface area contributed by atoms with Crippen LogP contribution < -0.4 is 0 Å². The highest BCUT2D eigenvalue weighted by Crippen LogP contribution is 2.30. The quantitative estimate of drug-likeness (QED) is 0.826. The standard InChI is InChI=1S/C23H33N3O/c1-17-9-10-21-20(15-17)19-11-13-24(2)14-12-22(19)26(21)16-23(27)25(3)18-7-5-4-6-8-18/h9-10,15,18H,4-8,11-14,16H2,1-3H3. The zero-order chi connectivity index (χ0) is 19.0. The first-order valence-corrected chi connectivity index (χ1v) is 10.6. The van der Waals surface area contributed by atoms with E-state index < -0.39 is 0 Å². The second-order valence-electron chi connectivity index (χ2n) is 8.63. The van der Waals surface area contributed by atoms with Crippen molar-refractivity contribution >= 4 is 16.8 Å². The lowest BCUT2D eigenvalue weighted by Gasteiger charge is -2.31. The Morgan fingerprint density at radius 2 is 1.89 bits per heavy atom. The maximum atomic E-state index is 13.2. The van der Waals surface area contributed by atoms with Crippen LogP contribution in [0, 0.1) is 6.92 Å². The minimum absolute atomic E-state index is 0.264. The topological polar surface area (TPSA) is 28.5 Å². The van der Waals surface area contributed by atoms with Crippen LogP contribution in [0.15, 0.2) is 18.2 Å². The summed E-state index contributed by atoms with van der Waals surface area (Å²) in [6.45, 7) is 4.80. The summed E-state index contributed by atoms with van der Waals surface area (Å²) >= 11 is 0. The lowest BCUT2D eigenvalue weighted by atomic mass is 9.94. The summed E-state index contributed by atoms with van der Waals surface area (Å²) in [5.41, 5.74) is 5.38. The molecular formula is C23H33N3O. The van der Waals surface area contributed by atoms with Crippen molar-refractivity contribution in [2.24, 2.45) is 0 Å². The molecule has 27 heavy (non-hydrogen) atoms. The number of nitrogens with zero attached hydrogens (tertiary/aromatic N) is 3. The van der Waals surface area contributed by atoms with E-state index in [0.29, 0.717) is 12.6 Å². The number of carbonyl (C=O) groups excluding carboxylic acids is 1. The van der Waals surface area contributed by atoms with Gasteiger partial charge >= 0.3 is 0 Å². The van der Waals surface area contributed by atoms with Gasteiger partial charge in [0, 0.05) is 49.2 Å². The van der Waals surface area contributed by atoms with Crippen molar-refractivity contribution in [1.29, 1.82) is 0 Å². The first kappa shape index (κ1) is 18.5. The maximum absolute atomic E-state index is 13.2. The Balaban J connectivity index is 1.67. The lowest BCUT2D eigenvalue weighted by Crippen LogP contribution is -2.40. The summed E-state index contributed by atoms with van der Waals surface area (Å²) in [6.07, 6.45) is 8.27. The van der Waals surface area contributed by atoms with Crippen molar-refractivity contribution in [3.8, 4) is 0 Å². The molecule has 0 unspecified atom stereocenters. The summed E-state index contributed by atoms with van der Waals surface area (Å²) in [5.74, 6) is 0.264. The molecule has 0 radical (unpaired) electrons. The molecule has 1 aliphatic carbocycles. The van der Waals surface area contributed by atoms with Crippen LogP contribution in [-0.4, -0.2) is 53.5 Å². The molecule has 1 saturated carbocycles.